The van der Waals surface area contributed by atoms with Gasteiger partial charge >= 0.3 is 5.97 Å². The van der Waals surface area contributed by atoms with Gasteiger partial charge in [0.05, 0.1) is 33.8 Å². The van der Waals surface area contributed by atoms with Gasteiger partial charge in [0.2, 0.25) is 5.91 Å². The second-order valence-electron chi connectivity index (χ2n) is 22.2. The number of esters is 1. The average molecular weight is 1070 g/mol. The summed E-state index contributed by atoms with van der Waals surface area (Å²) in [5, 5.41) is 3.01. The van der Waals surface area contributed by atoms with Crippen LogP contribution in [0.2, 0.25) is 0 Å². The van der Waals surface area contributed by atoms with Crippen molar-refractivity contribution in [3.63, 3.8) is 0 Å². The van der Waals surface area contributed by atoms with Crippen LogP contribution in [0, 0.1) is 0 Å². The van der Waals surface area contributed by atoms with Gasteiger partial charge in [0.1, 0.15) is 19.3 Å². The summed E-state index contributed by atoms with van der Waals surface area (Å²) in [6.45, 7) is 6.79. The third-order valence-electron chi connectivity index (χ3n) is 13.6. The Bertz CT molecular complexity index is 1510. The molecule has 0 aliphatic heterocycles. The van der Waals surface area contributed by atoms with Crippen molar-refractivity contribution >= 4 is 19.7 Å². The highest BCUT2D eigenvalue weighted by molar-refractivity contribution is 7.45. The molecule has 0 aromatic rings. The van der Waals surface area contributed by atoms with Crippen LogP contribution in [-0.4, -0.2) is 69.4 Å². The lowest BCUT2D eigenvalue weighted by atomic mass is 10.0. The molecule has 0 aliphatic rings. The molecule has 0 aliphatic carbocycles. The zero-order chi connectivity index (χ0) is 55.0. The van der Waals surface area contributed by atoms with Crippen LogP contribution in [0.25, 0.3) is 0 Å². The van der Waals surface area contributed by atoms with E-state index in [1.165, 1.54) is 148 Å². The smallest absolute Gasteiger partial charge is 0.306 e. The SMILES string of the molecule is CCCCC/C=C\C/C=C\C/C=C\CCCCCCCCCCC(=O)OC(/C=C/CCCCCCCCCCCC)C(COP(=O)([O-])OCC[N+](C)(C)C)NC(=O)CCCCC/C=C/C=C/CCCCCCCCC. The Labute approximate surface area is 463 Å². The van der Waals surface area contributed by atoms with Crippen LogP contribution in [-0.2, 0) is 27.9 Å². The summed E-state index contributed by atoms with van der Waals surface area (Å²) < 4.78 is 30.3. The van der Waals surface area contributed by atoms with Gasteiger partial charge in [-0.1, -0.05) is 242 Å². The molecule has 0 saturated heterocycles. The van der Waals surface area contributed by atoms with E-state index in [4.69, 9.17) is 13.8 Å². The third kappa shape index (κ3) is 56.0. The molecule has 0 aromatic carbocycles. The molecular formula is C65H119N2O7P. The van der Waals surface area contributed by atoms with Gasteiger partial charge in [-0.15, -0.1) is 0 Å². The quantitative estimate of drug-likeness (QED) is 0.0161. The maximum Gasteiger partial charge on any atom is 0.306 e. The first kappa shape index (κ1) is 72.5. The van der Waals surface area contributed by atoms with Crippen molar-refractivity contribution in [2.24, 2.45) is 0 Å². The van der Waals surface area contributed by atoms with Gasteiger partial charge in [-0.25, -0.2) is 0 Å². The molecule has 1 amide bonds. The summed E-state index contributed by atoms with van der Waals surface area (Å²) in [5.74, 6) is -0.578. The van der Waals surface area contributed by atoms with Gasteiger partial charge in [-0.3, -0.25) is 14.2 Å². The lowest BCUT2D eigenvalue weighted by Crippen LogP contribution is -2.47. The minimum atomic E-state index is -4.71. The summed E-state index contributed by atoms with van der Waals surface area (Å²) in [6, 6.07) is -0.907. The Morgan fingerprint density at radius 2 is 0.853 bits per heavy atom. The fourth-order valence-corrected chi connectivity index (χ4v) is 9.48. The molecule has 9 nitrogen and oxygen atoms in total. The second kappa shape index (κ2) is 54.8. The number of carbonyl (C=O) groups excluding carboxylic acids is 2. The summed E-state index contributed by atoms with van der Waals surface area (Å²) in [5.41, 5.74) is 0. The first-order valence-corrected chi connectivity index (χ1v) is 32.7. The fourth-order valence-electron chi connectivity index (χ4n) is 8.75. The van der Waals surface area contributed by atoms with Crippen molar-refractivity contribution in [1.82, 2.24) is 5.32 Å². The molecule has 0 fully saturated rings. The van der Waals surface area contributed by atoms with E-state index in [1.807, 2.05) is 33.3 Å². The standard InChI is InChI=1S/C65H119N2O7P/c1-7-10-13-16-19-22-25-28-30-32-33-34-35-36-38-40-43-46-49-52-55-58-65(69)74-63(56-53-50-47-44-41-27-24-21-18-15-12-9-3)62(61-73-75(70,71)72-60-59-67(4,5)6)66-64(68)57-54-51-48-45-42-39-37-31-29-26-23-20-17-14-11-8-2/h19,22,28,30-31,33-34,37,39,42,53,56,62-63H,7-18,20-21,23-27,29,32,35-36,38,40-41,43-52,54-55,57-61H2,1-6H3,(H-,66,68,70,71)/b22-19-,30-28-,34-33-,37-31+,42-39+,56-53+. The highest BCUT2D eigenvalue weighted by atomic mass is 31.2. The van der Waals surface area contributed by atoms with Crippen LogP contribution < -0.4 is 10.2 Å². The van der Waals surface area contributed by atoms with Crippen LogP contribution in [0.3, 0.4) is 0 Å². The number of unbranched alkanes of at least 4 members (excludes halogenated alkanes) is 31. The number of hydrogen-bond donors (Lipinski definition) is 1. The van der Waals surface area contributed by atoms with Crippen molar-refractivity contribution in [1.29, 1.82) is 0 Å². The van der Waals surface area contributed by atoms with E-state index < -0.39 is 26.6 Å². The van der Waals surface area contributed by atoms with E-state index in [2.05, 4.69) is 86.8 Å². The largest absolute Gasteiger partial charge is 0.756 e. The number of carbonyl (C=O) groups is 2. The van der Waals surface area contributed by atoms with E-state index in [1.54, 1.807) is 0 Å². The Morgan fingerprint density at radius 3 is 1.33 bits per heavy atom. The minimum Gasteiger partial charge on any atom is -0.756 e. The normalized spacial score (nSPS) is 14.2. The van der Waals surface area contributed by atoms with Gasteiger partial charge in [0.25, 0.3) is 7.82 Å². The molecule has 0 radical (unpaired) electrons. The van der Waals surface area contributed by atoms with Crippen molar-refractivity contribution in [3.8, 4) is 0 Å². The predicted molar refractivity (Wildman–Crippen MR) is 321 cm³/mol. The van der Waals surface area contributed by atoms with Gasteiger partial charge in [0, 0.05) is 12.8 Å². The van der Waals surface area contributed by atoms with Crippen LogP contribution >= 0.6 is 7.82 Å². The Hall–Kier alpha value is -2.55. The number of nitrogens with zero attached hydrogens (tertiary/aromatic N) is 1. The van der Waals surface area contributed by atoms with E-state index in [0.29, 0.717) is 17.4 Å². The number of phosphoric acid groups is 1. The number of phosphoric ester groups is 1. The number of nitrogens with one attached hydrogen (secondary N) is 1. The molecule has 75 heavy (non-hydrogen) atoms. The molecule has 0 rings (SSSR count). The number of allylic oxidation sites excluding steroid dienone is 11. The van der Waals surface area contributed by atoms with Crippen LogP contribution in [0.4, 0.5) is 0 Å². The summed E-state index contributed by atoms with van der Waals surface area (Å²) in [6.07, 6.45) is 70.1. The molecule has 1 N–H and O–H groups in total. The van der Waals surface area contributed by atoms with Crippen LogP contribution in [0.1, 0.15) is 278 Å². The first-order valence-electron chi connectivity index (χ1n) is 31.3. The molecule has 3 unspecified atom stereocenters. The monoisotopic (exact) mass is 1070 g/mol. The van der Waals surface area contributed by atoms with Crippen molar-refractivity contribution < 1.29 is 37.3 Å². The first-order chi connectivity index (χ1) is 36.4. The molecular weight excluding hydrogens is 952 g/mol. The minimum absolute atomic E-state index is 0.0307. The lowest BCUT2D eigenvalue weighted by molar-refractivity contribution is -0.870. The Kier molecular flexibility index (Phi) is 52.9. The van der Waals surface area contributed by atoms with E-state index in [-0.39, 0.29) is 31.3 Å². The number of hydrogen-bond acceptors (Lipinski definition) is 7. The molecule has 0 spiro atoms. The van der Waals surface area contributed by atoms with Gasteiger partial charge in [-0.05, 0) is 96.0 Å². The van der Waals surface area contributed by atoms with Crippen molar-refractivity contribution in [3.05, 3.63) is 72.9 Å². The van der Waals surface area contributed by atoms with Crippen LogP contribution in [0.15, 0.2) is 72.9 Å². The Morgan fingerprint density at radius 1 is 0.480 bits per heavy atom. The molecule has 436 valence electrons. The fraction of sp³-hybridized carbons (Fsp3) is 0.785. The zero-order valence-corrected chi connectivity index (χ0v) is 50.6. The number of ether oxygens (including phenoxy) is 1. The highest BCUT2D eigenvalue weighted by Crippen LogP contribution is 2.38. The lowest BCUT2D eigenvalue weighted by Gasteiger charge is -2.30. The van der Waals surface area contributed by atoms with Crippen molar-refractivity contribution in [2.75, 3.05) is 40.9 Å². The summed E-state index contributed by atoms with van der Waals surface area (Å²) >= 11 is 0. The maximum absolute atomic E-state index is 13.5. The highest BCUT2D eigenvalue weighted by Gasteiger charge is 2.27. The third-order valence-corrected chi connectivity index (χ3v) is 14.6. The molecule has 0 saturated carbocycles. The van der Waals surface area contributed by atoms with Gasteiger partial charge < -0.3 is 28.5 Å². The number of rotatable bonds is 56. The Balaban J connectivity index is 5.29. The number of quaternary nitrogens is 1. The van der Waals surface area contributed by atoms with Crippen LogP contribution in [0.5, 0.6) is 0 Å². The van der Waals surface area contributed by atoms with E-state index in [9.17, 15) is 19.0 Å². The van der Waals surface area contributed by atoms with Gasteiger partial charge in [0.15, 0.2) is 0 Å². The van der Waals surface area contributed by atoms with E-state index >= 15 is 0 Å². The van der Waals surface area contributed by atoms with E-state index in [0.717, 1.165) is 89.9 Å². The molecule has 0 aromatic heterocycles. The van der Waals surface area contributed by atoms with Crippen molar-refractivity contribution in [2.45, 2.75) is 290 Å². The maximum atomic E-state index is 13.5. The predicted octanol–water partition coefficient (Wildman–Crippen LogP) is 18.6. The zero-order valence-electron chi connectivity index (χ0n) is 49.7. The summed E-state index contributed by atoms with van der Waals surface area (Å²) in [7, 11) is 1.16. The molecule has 0 bridgehead atoms. The van der Waals surface area contributed by atoms with Gasteiger partial charge in [-0.2, -0.15) is 0 Å². The second-order valence-corrected chi connectivity index (χ2v) is 23.6. The summed E-state index contributed by atoms with van der Waals surface area (Å²) in [4.78, 5) is 40.0. The average Bonchev–Trinajstić information content (AvgIpc) is 3.37. The molecule has 0 heterocycles. The molecule has 3 atom stereocenters. The number of likely N-dealkylation sites (N-methyl/N-ethyl adjacent to an activating group) is 1. The molecule has 10 heteroatoms. The topological polar surface area (TPSA) is 114 Å². The number of amides is 1.